The second kappa shape index (κ2) is 3.71. The van der Waals surface area contributed by atoms with Gasteiger partial charge in [0, 0.05) is 24.5 Å². The van der Waals surface area contributed by atoms with Crippen molar-refractivity contribution >= 4 is 12.2 Å². The molecule has 1 heterocycles. The van der Waals surface area contributed by atoms with E-state index in [1.807, 2.05) is 0 Å². The molecule has 1 N–H and O–H groups in total. The van der Waals surface area contributed by atoms with Crippen LogP contribution in [0.4, 0.5) is 0 Å². The Morgan fingerprint density at radius 2 is 2.31 bits per heavy atom. The topological polar surface area (TPSA) is 59.3 Å². The van der Waals surface area contributed by atoms with Crippen molar-refractivity contribution in [2.45, 2.75) is 6.92 Å². The molecule has 0 saturated heterocycles. The molecule has 0 fully saturated rings. The first-order valence-electron chi connectivity index (χ1n) is 3.69. The molecule has 68 valence electrons. The zero-order chi connectivity index (χ0) is 9.84. The molecule has 0 unspecified atom stereocenters. The maximum absolute atomic E-state index is 11.2. The molecule has 0 aliphatic rings. The minimum Gasteiger partial charge on any atom is -0.478 e. The maximum atomic E-state index is 11.2. The molecule has 0 aromatic carbocycles. The molecular formula is C9H9NO3. The number of aliphatic carboxylic acids is 1. The largest absolute Gasteiger partial charge is 0.478 e. The highest BCUT2D eigenvalue weighted by atomic mass is 16.4. The number of carboxylic acids is 1. The number of carbonyl (C=O) groups is 1. The summed E-state index contributed by atoms with van der Waals surface area (Å²) in [6.07, 6.45) is 3.65. The van der Waals surface area contributed by atoms with Crippen LogP contribution in [0.25, 0.3) is 6.20 Å². The molecule has 13 heavy (non-hydrogen) atoms. The van der Waals surface area contributed by atoms with Crippen molar-refractivity contribution in [3.63, 3.8) is 0 Å². The summed E-state index contributed by atoms with van der Waals surface area (Å²) < 4.78 is 1.21. The minimum absolute atomic E-state index is 0.238. The van der Waals surface area contributed by atoms with Gasteiger partial charge < -0.3 is 5.11 Å². The summed E-state index contributed by atoms with van der Waals surface area (Å²) in [6, 6.07) is 3.17. The maximum Gasteiger partial charge on any atom is 0.329 e. The molecule has 1 aromatic heterocycles. The molecule has 4 heteroatoms. The second-order valence-corrected chi connectivity index (χ2v) is 2.60. The fourth-order valence-corrected chi connectivity index (χ4v) is 0.856. The van der Waals surface area contributed by atoms with Crippen molar-refractivity contribution in [3.05, 3.63) is 40.3 Å². The molecule has 1 rings (SSSR count). The van der Waals surface area contributed by atoms with Crippen molar-refractivity contribution in [1.82, 2.24) is 4.57 Å². The lowest BCUT2D eigenvalue weighted by molar-refractivity contribution is -0.131. The van der Waals surface area contributed by atoms with Gasteiger partial charge in [0.25, 0.3) is 5.56 Å². The average Bonchev–Trinajstić information content (AvgIpc) is 2.02. The van der Waals surface area contributed by atoms with Crippen molar-refractivity contribution in [2.75, 3.05) is 0 Å². The number of hydrogen-bond acceptors (Lipinski definition) is 2. The quantitative estimate of drug-likeness (QED) is 0.680. The first kappa shape index (κ1) is 9.25. The van der Waals surface area contributed by atoms with Crippen LogP contribution in [0.3, 0.4) is 0 Å². The lowest BCUT2D eigenvalue weighted by atomic mass is 10.3. The summed E-state index contributed by atoms with van der Waals surface area (Å²) in [7, 11) is 0. The first-order chi connectivity index (χ1) is 6.09. The van der Waals surface area contributed by atoms with E-state index in [1.165, 1.54) is 23.0 Å². The van der Waals surface area contributed by atoms with E-state index >= 15 is 0 Å². The standard InChI is InChI=1S/C9H9NO3/c1-7-2-4-10(8(11)6-7)5-3-9(12)13/h2-6H,1H3,(H,12,13)/b5-3+. The van der Waals surface area contributed by atoms with Gasteiger partial charge in [-0.3, -0.25) is 9.36 Å². The predicted octanol–water partition coefficient (Wildman–Crippen LogP) is 0.712. The van der Waals surface area contributed by atoms with Gasteiger partial charge in [-0.1, -0.05) is 0 Å². The smallest absolute Gasteiger partial charge is 0.329 e. The predicted molar refractivity (Wildman–Crippen MR) is 48.4 cm³/mol. The van der Waals surface area contributed by atoms with Crippen LogP contribution >= 0.6 is 0 Å². The van der Waals surface area contributed by atoms with Crippen molar-refractivity contribution in [1.29, 1.82) is 0 Å². The lowest BCUT2D eigenvalue weighted by Gasteiger charge is -1.96. The molecule has 0 bridgehead atoms. The van der Waals surface area contributed by atoms with Crippen molar-refractivity contribution in [2.24, 2.45) is 0 Å². The van der Waals surface area contributed by atoms with Gasteiger partial charge in [-0.25, -0.2) is 4.79 Å². The fraction of sp³-hybridized carbons (Fsp3) is 0.111. The monoisotopic (exact) mass is 179 g/mol. The number of pyridine rings is 1. The summed E-state index contributed by atoms with van der Waals surface area (Å²) in [6.45, 7) is 1.80. The average molecular weight is 179 g/mol. The van der Waals surface area contributed by atoms with Crippen LogP contribution in [0.5, 0.6) is 0 Å². The van der Waals surface area contributed by atoms with Gasteiger partial charge in [0.05, 0.1) is 0 Å². The zero-order valence-corrected chi connectivity index (χ0v) is 7.10. The minimum atomic E-state index is -1.08. The second-order valence-electron chi connectivity index (χ2n) is 2.60. The van der Waals surface area contributed by atoms with E-state index in [9.17, 15) is 9.59 Å². The Balaban J connectivity index is 3.04. The molecular weight excluding hydrogens is 170 g/mol. The Labute approximate surface area is 74.7 Å². The van der Waals surface area contributed by atoms with Crippen LogP contribution < -0.4 is 5.56 Å². The van der Waals surface area contributed by atoms with Crippen LogP contribution in [-0.4, -0.2) is 15.6 Å². The van der Waals surface area contributed by atoms with Crippen LogP contribution in [0, 0.1) is 6.92 Å². The third kappa shape index (κ3) is 2.59. The highest BCUT2D eigenvalue weighted by molar-refractivity contribution is 5.82. The molecule has 0 saturated carbocycles. The molecule has 0 aliphatic heterocycles. The van der Waals surface area contributed by atoms with E-state index in [-0.39, 0.29) is 5.56 Å². The SMILES string of the molecule is Cc1ccn(/C=C/C(=O)O)c(=O)c1. The Morgan fingerprint density at radius 1 is 1.62 bits per heavy atom. The third-order valence-corrected chi connectivity index (χ3v) is 1.48. The molecule has 0 spiro atoms. The molecule has 0 radical (unpaired) electrons. The van der Waals surface area contributed by atoms with E-state index in [1.54, 1.807) is 13.0 Å². The van der Waals surface area contributed by atoms with Crippen LogP contribution in [0.1, 0.15) is 5.56 Å². The summed E-state index contributed by atoms with van der Waals surface area (Å²) >= 11 is 0. The molecule has 0 amide bonds. The summed E-state index contributed by atoms with van der Waals surface area (Å²) in [5, 5.41) is 8.32. The number of carboxylic acid groups (broad SMARTS) is 1. The number of aromatic nitrogens is 1. The highest BCUT2D eigenvalue weighted by Gasteiger charge is 1.92. The molecule has 0 aliphatic carbocycles. The van der Waals surface area contributed by atoms with Gasteiger partial charge >= 0.3 is 5.97 Å². The molecule has 4 nitrogen and oxygen atoms in total. The van der Waals surface area contributed by atoms with Gasteiger partial charge in [-0.15, -0.1) is 0 Å². The zero-order valence-electron chi connectivity index (χ0n) is 7.10. The Kier molecular flexibility index (Phi) is 2.64. The fourth-order valence-electron chi connectivity index (χ4n) is 0.856. The van der Waals surface area contributed by atoms with Crippen molar-refractivity contribution < 1.29 is 9.90 Å². The molecule has 0 atom stereocenters. The van der Waals surface area contributed by atoms with Crippen molar-refractivity contribution in [3.8, 4) is 0 Å². The van der Waals surface area contributed by atoms with Crippen LogP contribution in [0.15, 0.2) is 29.2 Å². The van der Waals surface area contributed by atoms with Gasteiger partial charge in [0.2, 0.25) is 0 Å². The van der Waals surface area contributed by atoms with Crippen LogP contribution in [0.2, 0.25) is 0 Å². The number of hydrogen-bond donors (Lipinski definition) is 1. The number of rotatable bonds is 2. The highest BCUT2D eigenvalue weighted by Crippen LogP contribution is 1.91. The Morgan fingerprint density at radius 3 is 2.85 bits per heavy atom. The summed E-state index contributed by atoms with van der Waals surface area (Å²) in [5.74, 6) is -1.08. The van der Waals surface area contributed by atoms with E-state index in [0.717, 1.165) is 11.6 Å². The van der Waals surface area contributed by atoms with Gasteiger partial charge in [-0.2, -0.15) is 0 Å². The van der Waals surface area contributed by atoms with Gasteiger partial charge in [0.15, 0.2) is 0 Å². The van der Waals surface area contributed by atoms with Gasteiger partial charge in [-0.05, 0) is 18.6 Å². The van der Waals surface area contributed by atoms with E-state index in [2.05, 4.69) is 0 Å². The molecule has 1 aromatic rings. The Bertz CT molecular complexity index is 404. The third-order valence-electron chi connectivity index (χ3n) is 1.48. The normalized spacial score (nSPS) is 10.5. The lowest BCUT2D eigenvalue weighted by Crippen LogP contribution is -2.13. The van der Waals surface area contributed by atoms with E-state index < -0.39 is 5.97 Å². The van der Waals surface area contributed by atoms with E-state index in [4.69, 9.17) is 5.11 Å². The first-order valence-corrected chi connectivity index (χ1v) is 3.69. The number of aryl methyl sites for hydroxylation is 1. The number of nitrogens with zero attached hydrogens (tertiary/aromatic N) is 1. The summed E-state index contributed by atoms with van der Waals surface area (Å²) in [5.41, 5.74) is 0.613. The Hall–Kier alpha value is -1.84. The van der Waals surface area contributed by atoms with E-state index in [0.29, 0.717) is 0 Å². The van der Waals surface area contributed by atoms with Gasteiger partial charge in [0.1, 0.15) is 0 Å². The summed E-state index contributed by atoms with van der Waals surface area (Å²) in [4.78, 5) is 21.3. The van der Waals surface area contributed by atoms with Crippen LogP contribution in [-0.2, 0) is 4.79 Å².